The summed E-state index contributed by atoms with van der Waals surface area (Å²) in [4.78, 5) is 25.0. The van der Waals surface area contributed by atoms with Crippen molar-refractivity contribution in [1.82, 2.24) is 5.32 Å². The molecule has 5 nitrogen and oxygen atoms in total. The van der Waals surface area contributed by atoms with Crippen LogP contribution in [0.1, 0.15) is 28.1 Å². The van der Waals surface area contributed by atoms with Crippen molar-refractivity contribution in [3.05, 3.63) is 94.2 Å². The van der Waals surface area contributed by atoms with Gasteiger partial charge in [-0.15, -0.1) is 11.3 Å². The van der Waals surface area contributed by atoms with Gasteiger partial charge in [0.25, 0.3) is 5.91 Å². The highest BCUT2D eigenvalue weighted by atomic mass is 32.1. The summed E-state index contributed by atoms with van der Waals surface area (Å²) in [6.07, 6.45) is 0. The minimum absolute atomic E-state index is 0.0694. The van der Waals surface area contributed by atoms with E-state index in [0.29, 0.717) is 0 Å². The molecule has 0 saturated heterocycles. The summed E-state index contributed by atoms with van der Waals surface area (Å²) in [6, 6.07) is 21.9. The molecule has 6 heteroatoms. The van der Waals surface area contributed by atoms with Crippen molar-refractivity contribution in [3.63, 3.8) is 0 Å². The van der Waals surface area contributed by atoms with Gasteiger partial charge in [0.2, 0.25) is 0 Å². The van der Waals surface area contributed by atoms with Crippen LogP contribution in [0, 0.1) is 0 Å². The van der Waals surface area contributed by atoms with Gasteiger partial charge in [0.15, 0.2) is 6.04 Å². The quantitative estimate of drug-likeness (QED) is 0.625. The van der Waals surface area contributed by atoms with E-state index in [-0.39, 0.29) is 6.04 Å². The summed E-state index contributed by atoms with van der Waals surface area (Å²) in [5.41, 5.74) is 7.06. The van der Waals surface area contributed by atoms with Crippen LogP contribution in [0.3, 0.4) is 0 Å². The van der Waals surface area contributed by atoms with Crippen molar-refractivity contribution < 1.29 is 14.9 Å². The summed E-state index contributed by atoms with van der Waals surface area (Å²) < 4.78 is 0. The number of rotatable bonds is 6. The second-order valence-electron chi connectivity index (χ2n) is 5.84. The molecule has 0 bridgehead atoms. The third-order valence-corrected chi connectivity index (χ3v) is 5.04. The Morgan fingerprint density at radius 1 is 0.885 bits per heavy atom. The van der Waals surface area contributed by atoms with Crippen molar-refractivity contribution in [2.24, 2.45) is 5.73 Å². The maximum Gasteiger partial charge on any atom is 0.319 e. The van der Waals surface area contributed by atoms with Crippen LogP contribution in [-0.2, 0) is 4.79 Å². The molecule has 0 saturated carbocycles. The highest BCUT2D eigenvalue weighted by Gasteiger charge is 2.30. The van der Waals surface area contributed by atoms with Gasteiger partial charge in [-0.05, 0) is 11.4 Å². The Morgan fingerprint density at radius 2 is 1.50 bits per heavy atom. The monoisotopic (exact) mass is 366 g/mol. The Labute approximate surface area is 155 Å². The Bertz CT molecular complexity index is 851. The smallest absolute Gasteiger partial charge is 0.319 e. The SMILES string of the molecule is NC(=O)NC(=O)[C@@H]([NH2+][C@H](c1ccccc1)c1cccs1)c1ccccc1. The zero-order chi connectivity index (χ0) is 18.4. The summed E-state index contributed by atoms with van der Waals surface area (Å²) in [6.45, 7) is 0. The van der Waals surface area contributed by atoms with Crippen molar-refractivity contribution in [2.75, 3.05) is 0 Å². The number of carbonyl (C=O) groups excluding carboxylic acids is 2. The largest absolute Gasteiger partial charge is 0.351 e. The van der Waals surface area contributed by atoms with E-state index in [2.05, 4.69) is 5.32 Å². The summed E-state index contributed by atoms with van der Waals surface area (Å²) in [5, 5.41) is 6.20. The molecule has 26 heavy (non-hydrogen) atoms. The minimum Gasteiger partial charge on any atom is -0.351 e. The number of hydrogen-bond donors (Lipinski definition) is 3. The predicted octanol–water partition coefficient (Wildman–Crippen LogP) is 2.34. The van der Waals surface area contributed by atoms with Crippen LogP contribution in [0.5, 0.6) is 0 Å². The van der Waals surface area contributed by atoms with E-state index >= 15 is 0 Å². The number of carbonyl (C=O) groups is 2. The molecule has 0 spiro atoms. The molecular formula is C20H20N3O2S+. The number of primary amides is 1. The Hall–Kier alpha value is -2.96. The lowest BCUT2D eigenvalue weighted by atomic mass is 10.0. The van der Waals surface area contributed by atoms with Crippen LogP contribution in [0.15, 0.2) is 78.2 Å². The number of thiophene rings is 1. The standard InChI is InChI=1S/C20H19N3O2S/c21-20(25)23-19(24)18(15-10-5-2-6-11-15)22-17(16-12-7-13-26-16)14-8-3-1-4-9-14/h1-13,17-18,22H,(H3,21,23,24,25)/p+1/t17-,18+/m1/s1. The molecule has 1 aromatic heterocycles. The Balaban J connectivity index is 1.97. The van der Waals surface area contributed by atoms with Gasteiger partial charge in [0.1, 0.15) is 6.04 Å². The molecule has 0 fully saturated rings. The van der Waals surface area contributed by atoms with Crippen molar-refractivity contribution in [3.8, 4) is 0 Å². The molecule has 3 amide bonds. The molecule has 3 rings (SSSR count). The molecule has 0 unspecified atom stereocenters. The molecule has 0 aliphatic carbocycles. The van der Waals surface area contributed by atoms with Crippen LogP contribution in [0.25, 0.3) is 0 Å². The molecule has 3 aromatic rings. The molecule has 5 N–H and O–H groups in total. The number of nitrogens with two attached hydrogens (primary N) is 2. The first-order valence-corrected chi connectivity index (χ1v) is 9.11. The van der Waals surface area contributed by atoms with Gasteiger partial charge in [0.05, 0.1) is 4.88 Å². The van der Waals surface area contributed by atoms with E-state index in [1.165, 1.54) is 0 Å². The van der Waals surface area contributed by atoms with E-state index in [0.717, 1.165) is 16.0 Å². The average molecular weight is 366 g/mol. The zero-order valence-corrected chi connectivity index (χ0v) is 14.9. The molecule has 2 atom stereocenters. The second-order valence-corrected chi connectivity index (χ2v) is 6.82. The van der Waals surface area contributed by atoms with Crippen molar-refractivity contribution >= 4 is 23.3 Å². The lowest BCUT2D eigenvalue weighted by Crippen LogP contribution is -2.88. The van der Waals surface area contributed by atoms with Crippen LogP contribution in [-0.4, -0.2) is 11.9 Å². The second kappa shape index (κ2) is 8.42. The number of nitrogens with one attached hydrogen (secondary N) is 1. The number of hydrogen-bond acceptors (Lipinski definition) is 3. The average Bonchev–Trinajstić information content (AvgIpc) is 3.17. The molecule has 0 radical (unpaired) electrons. The number of benzene rings is 2. The highest BCUT2D eigenvalue weighted by molar-refractivity contribution is 7.10. The van der Waals surface area contributed by atoms with Crippen molar-refractivity contribution in [2.45, 2.75) is 12.1 Å². The maximum absolute atomic E-state index is 12.7. The number of amides is 3. The first kappa shape index (κ1) is 17.8. The minimum atomic E-state index is -0.850. The summed E-state index contributed by atoms with van der Waals surface area (Å²) >= 11 is 1.63. The molecule has 0 aliphatic rings. The van der Waals surface area contributed by atoms with Crippen LogP contribution >= 0.6 is 11.3 Å². The first-order chi connectivity index (χ1) is 12.6. The van der Waals surface area contributed by atoms with Gasteiger partial charge in [0, 0.05) is 11.1 Å². The number of imide groups is 1. The van der Waals surface area contributed by atoms with Crippen molar-refractivity contribution in [1.29, 1.82) is 0 Å². The third-order valence-electron chi connectivity index (χ3n) is 4.08. The molecule has 132 valence electrons. The fourth-order valence-electron chi connectivity index (χ4n) is 2.90. The molecule has 0 aliphatic heterocycles. The maximum atomic E-state index is 12.7. The number of urea groups is 1. The summed E-state index contributed by atoms with van der Waals surface area (Å²) in [5.74, 6) is -0.429. The van der Waals surface area contributed by atoms with Gasteiger partial charge in [-0.2, -0.15) is 0 Å². The van der Waals surface area contributed by atoms with E-state index in [1.807, 2.05) is 83.5 Å². The first-order valence-electron chi connectivity index (χ1n) is 8.23. The van der Waals surface area contributed by atoms with Crippen LogP contribution < -0.4 is 16.4 Å². The molecule has 1 heterocycles. The van der Waals surface area contributed by atoms with Gasteiger partial charge in [-0.1, -0.05) is 66.7 Å². The predicted molar refractivity (Wildman–Crippen MR) is 101 cm³/mol. The topological polar surface area (TPSA) is 88.8 Å². The van der Waals surface area contributed by atoms with Gasteiger partial charge < -0.3 is 11.1 Å². The van der Waals surface area contributed by atoms with E-state index in [4.69, 9.17) is 5.73 Å². The fourth-order valence-corrected chi connectivity index (χ4v) is 3.73. The van der Waals surface area contributed by atoms with E-state index in [1.54, 1.807) is 11.3 Å². The van der Waals surface area contributed by atoms with Gasteiger partial charge in [-0.3, -0.25) is 10.1 Å². The normalized spacial score (nSPS) is 12.9. The molecular weight excluding hydrogens is 346 g/mol. The Morgan fingerprint density at radius 3 is 2.04 bits per heavy atom. The fraction of sp³-hybridized carbons (Fsp3) is 0.100. The summed E-state index contributed by atoms with van der Waals surface area (Å²) in [7, 11) is 0. The lowest BCUT2D eigenvalue weighted by Gasteiger charge is -2.21. The van der Waals surface area contributed by atoms with Crippen LogP contribution in [0.4, 0.5) is 4.79 Å². The van der Waals surface area contributed by atoms with Gasteiger partial charge in [-0.25, -0.2) is 4.79 Å². The van der Waals surface area contributed by atoms with E-state index < -0.39 is 18.0 Å². The van der Waals surface area contributed by atoms with Crippen LogP contribution in [0.2, 0.25) is 0 Å². The molecule has 2 aromatic carbocycles. The number of quaternary nitrogens is 1. The van der Waals surface area contributed by atoms with Gasteiger partial charge >= 0.3 is 6.03 Å². The zero-order valence-electron chi connectivity index (χ0n) is 14.0. The third kappa shape index (κ3) is 4.36. The van der Waals surface area contributed by atoms with E-state index in [9.17, 15) is 9.59 Å². The Kier molecular flexibility index (Phi) is 5.78. The lowest BCUT2D eigenvalue weighted by molar-refractivity contribution is -0.713. The highest BCUT2D eigenvalue weighted by Crippen LogP contribution is 2.24.